The molecule has 1 atom stereocenters. The molecule has 9 heteroatoms. The number of hydrogen-bond donors (Lipinski definition) is 2. The number of amides is 2. The molecule has 3 aromatic rings. The number of rotatable bonds is 6. The first-order valence-electron chi connectivity index (χ1n) is 10.8. The van der Waals surface area contributed by atoms with Crippen molar-refractivity contribution in [2.45, 2.75) is 19.9 Å². The third kappa shape index (κ3) is 4.74. The second-order valence-corrected chi connectivity index (χ2v) is 8.17. The van der Waals surface area contributed by atoms with Crippen molar-refractivity contribution >= 4 is 46.3 Å². The van der Waals surface area contributed by atoms with Crippen LogP contribution in [-0.4, -0.2) is 34.3 Å². The zero-order valence-electron chi connectivity index (χ0n) is 19.0. The number of nitrogens with one attached hydrogen (secondary N) is 1. The van der Waals surface area contributed by atoms with Gasteiger partial charge in [-0.05, 0) is 55.0 Å². The molecule has 4 rings (SSSR count). The lowest BCUT2D eigenvalue weighted by atomic mass is 9.96. The van der Waals surface area contributed by atoms with Crippen molar-refractivity contribution in [3.8, 4) is 5.75 Å². The van der Waals surface area contributed by atoms with E-state index < -0.39 is 17.7 Å². The lowest BCUT2D eigenvalue weighted by Crippen LogP contribution is -2.29. The number of ketones is 1. The highest BCUT2D eigenvalue weighted by Gasteiger charge is 2.47. The van der Waals surface area contributed by atoms with Crippen LogP contribution < -0.4 is 15.0 Å². The number of aliphatic hydroxyl groups is 1. The van der Waals surface area contributed by atoms with Gasteiger partial charge in [0.05, 0.1) is 23.2 Å². The Labute approximate surface area is 206 Å². The molecule has 0 radical (unpaired) electrons. The normalized spacial score (nSPS) is 16.9. The molecule has 1 unspecified atom stereocenters. The molecule has 1 saturated heterocycles. The Morgan fingerprint density at radius 1 is 1.17 bits per heavy atom. The van der Waals surface area contributed by atoms with Gasteiger partial charge in [0, 0.05) is 36.3 Å². The highest BCUT2D eigenvalue weighted by Crippen LogP contribution is 2.43. The lowest BCUT2D eigenvalue weighted by Gasteiger charge is -2.25. The van der Waals surface area contributed by atoms with E-state index in [1.54, 1.807) is 61.7 Å². The van der Waals surface area contributed by atoms with Crippen LogP contribution in [0.3, 0.4) is 0 Å². The summed E-state index contributed by atoms with van der Waals surface area (Å²) >= 11 is 6.18. The number of aromatic nitrogens is 1. The summed E-state index contributed by atoms with van der Waals surface area (Å²) in [6.45, 7) is 3.53. The molecule has 1 aliphatic rings. The predicted octanol–water partition coefficient (Wildman–Crippen LogP) is 4.72. The number of Topliss-reactive ketones (excluding diaryl/α,β-unsaturated/α-hetero) is 1. The first-order chi connectivity index (χ1) is 16.8. The van der Waals surface area contributed by atoms with Gasteiger partial charge < -0.3 is 15.2 Å². The van der Waals surface area contributed by atoms with Gasteiger partial charge in [0.2, 0.25) is 5.91 Å². The number of halogens is 1. The summed E-state index contributed by atoms with van der Waals surface area (Å²) in [5.74, 6) is -1.97. The molecule has 2 amide bonds. The summed E-state index contributed by atoms with van der Waals surface area (Å²) in [6, 6.07) is 13.6. The number of hydrogen-bond acceptors (Lipinski definition) is 6. The fourth-order valence-electron chi connectivity index (χ4n) is 3.96. The van der Waals surface area contributed by atoms with E-state index in [-0.39, 0.29) is 22.8 Å². The molecular weight excluding hydrogens is 470 g/mol. The highest BCUT2D eigenvalue weighted by molar-refractivity contribution is 6.51. The number of carbonyl (C=O) groups is 3. The van der Waals surface area contributed by atoms with Crippen LogP contribution in [0, 0.1) is 0 Å². The number of anilines is 2. The van der Waals surface area contributed by atoms with Crippen LogP contribution in [0.4, 0.5) is 11.4 Å². The fourth-order valence-corrected chi connectivity index (χ4v) is 4.13. The van der Waals surface area contributed by atoms with E-state index in [1.807, 2.05) is 0 Å². The summed E-state index contributed by atoms with van der Waals surface area (Å²) in [4.78, 5) is 43.5. The summed E-state index contributed by atoms with van der Waals surface area (Å²) in [5, 5.41) is 14.3. The minimum atomic E-state index is -0.956. The highest BCUT2D eigenvalue weighted by atomic mass is 35.5. The Hall–Kier alpha value is -4.17. The van der Waals surface area contributed by atoms with E-state index in [0.29, 0.717) is 34.3 Å². The zero-order chi connectivity index (χ0) is 25.1. The third-order valence-corrected chi connectivity index (χ3v) is 5.71. The van der Waals surface area contributed by atoms with E-state index in [2.05, 4.69) is 10.3 Å². The summed E-state index contributed by atoms with van der Waals surface area (Å²) < 4.78 is 5.51. The molecule has 2 N–H and O–H groups in total. The van der Waals surface area contributed by atoms with E-state index in [9.17, 15) is 19.5 Å². The van der Waals surface area contributed by atoms with Crippen LogP contribution in [0.25, 0.3) is 5.76 Å². The van der Waals surface area contributed by atoms with Crippen molar-refractivity contribution in [2.75, 3.05) is 16.8 Å². The van der Waals surface area contributed by atoms with Crippen LogP contribution in [0.1, 0.15) is 31.0 Å². The Bertz CT molecular complexity index is 1340. The van der Waals surface area contributed by atoms with E-state index >= 15 is 0 Å². The second-order valence-electron chi connectivity index (χ2n) is 7.77. The largest absolute Gasteiger partial charge is 0.507 e. The number of ether oxygens (including phenoxy) is 1. The van der Waals surface area contributed by atoms with Gasteiger partial charge in [-0.25, -0.2) is 0 Å². The molecule has 8 nitrogen and oxygen atoms in total. The average molecular weight is 492 g/mol. The van der Waals surface area contributed by atoms with Crippen molar-refractivity contribution in [2.24, 2.45) is 0 Å². The van der Waals surface area contributed by atoms with Crippen molar-refractivity contribution in [3.05, 3.63) is 88.7 Å². The van der Waals surface area contributed by atoms with Crippen LogP contribution in [0.2, 0.25) is 5.02 Å². The Kier molecular flexibility index (Phi) is 6.84. The minimum absolute atomic E-state index is 0.0994. The molecule has 2 heterocycles. The Morgan fingerprint density at radius 2 is 1.97 bits per heavy atom. The second kappa shape index (κ2) is 9.99. The third-order valence-electron chi connectivity index (χ3n) is 5.39. The quantitative estimate of drug-likeness (QED) is 0.293. The molecule has 1 aliphatic heterocycles. The fraction of sp³-hybridized carbons (Fsp3) is 0.154. The molecule has 0 saturated carbocycles. The number of nitrogens with zero attached hydrogens (tertiary/aromatic N) is 2. The van der Waals surface area contributed by atoms with Gasteiger partial charge in [-0.15, -0.1) is 0 Å². The van der Waals surface area contributed by atoms with Gasteiger partial charge in [-0.1, -0.05) is 23.7 Å². The van der Waals surface area contributed by atoms with Crippen molar-refractivity contribution in [3.63, 3.8) is 0 Å². The smallest absolute Gasteiger partial charge is 0.300 e. The number of pyridine rings is 1. The number of benzene rings is 2. The number of aliphatic hydroxyl groups excluding tert-OH is 1. The van der Waals surface area contributed by atoms with Crippen molar-refractivity contribution in [1.82, 2.24) is 4.98 Å². The molecule has 178 valence electrons. The van der Waals surface area contributed by atoms with Crippen LogP contribution >= 0.6 is 11.6 Å². The van der Waals surface area contributed by atoms with Gasteiger partial charge in [0.15, 0.2) is 0 Å². The molecule has 1 fully saturated rings. The first kappa shape index (κ1) is 24.0. The topological polar surface area (TPSA) is 109 Å². The van der Waals surface area contributed by atoms with Gasteiger partial charge in [-0.2, -0.15) is 0 Å². The summed E-state index contributed by atoms with van der Waals surface area (Å²) in [7, 11) is 0. The maximum atomic E-state index is 13.3. The SMILES string of the molecule is CCOc1cc(/C(O)=C2\C(=O)C(=O)N(c3cccc(NC(C)=O)c3)C2c2cccnc2)ccc1Cl. The van der Waals surface area contributed by atoms with Gasteiger partial charge >= 0.3 is 0 Å². The zero-order valence-corrected chi connectivity index (χ0v) is 19.7. The molecule has 0 spiro atoms. The summed E-state index contributed by atoms with van der Waals surface area (Å²) in [6.07, 6.45) is 3.10. The maximum Gasteiger partial charge on any atom is 0.300 e. The predicted molar refractivity (Wildman–Crippen MR) is 132 cm³/mol. The van der Waals surface area contributed by atoms with Crippen molar-refractivity contribution in [1.29, 1.82) is 0 Å². The van der Waals surface area contributed by atoms with Gasteiger partial charge in [0.1, 0.15) is 11.5 Å². The first-order valence-corrected chi connectivity index (χ1v) is 11.2. The minimum Gasteiger partial charge on any atom is -0.507 e. The van der Waals surface area contributed by atoms with Crippen LogP contribution in [0.15, 0.2) is 72.6 Å². The Morgan fingerprint density at radius 3 is 2.66 bits per heavy atom. The van der Waals surface area contributed by atoms with Crippen molar-refractivity contribution < 1.29 is 24.2 Å². The molecule has 0 aliphatic carbocycles. The van der Waals surface area contributed by atoms with E-state index in [0.717, 1.165) is 0 Å². The monoisotopic (exact) mass is 491 g/mol. The van der Waals surface area contributed by atoms with E-state index in [1.165, 1.54) is 24.1 Å². The molecule has 0 bridgehead atoms. The number of carbonyl (C=O) groups excluding carboxylic acids is 3. The van der Waals surface area contributed by atoms with Crippen LogP contribution in [-0.2, 0) is 14.4 Å². The molecule has 35 heavy (non-hydrogen) atoms. The molecular formula is C26H22ClN3O5. The average Bonchev–Trinajstić information content (AvgIpc) is 3.11. The maximum absolute atomic E-state index is 13.3. The molecule has 2 aromatic carbocycles. The lowest BCUT2D eigenvalue weighted by molar-refractivity contribution is -0.132. The van der Waals surface area contributed by atoms with Gasteiger partial charge in [0.25, 0.3) is 11.7 Å². The summed E-state index contributed by atoms with van der Waals surface area (Å²) in [5.41, 5.74) is 1.53. The van der Waals surface area contributed by atoms with Crippen LogP contribution in [0.5, 0.6) is 5.75 Å². The van der Waals surface area contributed by atoms with E-state index in [4.69, 9.17) is 16.3 Å². The standard InChI is InChI=1S/C26H22ClN3O5/c1-3-35-21-12-16(9-10-20(21)27)24(32)22-23(17-6-5-11-28-14-17)30(26(34)25(22)33)19-8-4-7-18(13-19)29-15(2)31/h4-14,23,32H,3H2,1-2H3,(H,29,31)/b24-22+. The Balaban J connectivity index is 1.90. The van der Waals surface area contributed by atoms with Gasteiger partial charge in [-0.3, -0.25) is 24.3 Å². The molecule has 1 aromatic heterocycles.